The molecule has 1 fully saturated rings. The van der Waals surface area contributed by atoms with Crippen LogP contribution in [0.3, 0.4) is 0 Å². The zero-order chi connectivity index (χ0) is 15.6. The van der Waals surface area contributed by atoms with Crippen molar-refractivity contribution in [2.75, 3.05) is 13.1 Å². The summed E-state index contributed by atoms with van der Waals surface area (Å²) in [4.78, 5) is 2.50. The molecule has 3 aromatic rings. The summed E-state index contributed by atoms with van der Waals surface area (Å²) in [5, 5.41) is 14.7. The predicted octanol–water partition coefficient (Wildman–Crippen LogP) is 3.10. The Morgan fingerprint density at radius 3 is 2.74 bits per heavy atom. The predicted molar refractivity (Wildman–Crippen MR) is 90.0 cm³/mol. The van der Waals surface area contributed by atoms with Gasteiger partial charge in [-0.15, -0.1) is 0 Å². The molecule has 4 rings (SSSR count). The van der Waals surface area contributed by atoms with Gasteiger partial charge in [-0.1, -0.05) is 30.3 Å². The van der Waals surface area contributed by atoms with Crippen molar-refractivity contribution in [2.24, 2.45) is 0 Å². The molecule has 1 atom stereocenters. The molecule has 0 saturated carbocycles. The largest absolute Gasteiger partial charge is 0.298 e. The number of likely N-dealkylation sites (tertiary alicyclic amines) is 1. The minimum Gasteiger partial charge on any atom is -0.298 e. The van der Waals surface area contributed by atoms with Crippen molar-refractivity contribution in [3.63, 3.8) is 0 Å². The molecule has 118 valence electrons. The molecule has 3 heterocycles. The lowest BCUT2D eigenvalue weighted by Crippen LogP contribution is -2.20. The molecule has 1 aliphatic rings. The Balaban J connectivity index is 1.48. The van der Waals surface area contributed by atoms with Gasteiger partial charge < -0.3 is 0 Å². The van der Waals surface area contributed by atoms with Crippen molar-refractivity contribution in [1.82, 2.24) is 25.3 Å². The van der Waals surface area contributed by atoms with E-state index in [0.29, 0.717) is 5.92 Å². The third-order valence-corrected chi connectivity index (χ3v) is 4.72. The third-order valence-electron chi connectivity index (χ3n) is 4.72. The first-order chi connectivity index (χ1) is 11.3. The Kier molecular flexibility index (Phi) is 3.71. The summed E-state index contributed by atoms with van der Waals surface area (Å²) in [5.41, 5.74) is 6.15. The van der Waals surface area contributed by atoms with Gasteiger partial charge in [-0.05, 0) is 31.0 Å². The molecule has 0 radical (unpaired) electrons. The molecule has 0 spiro atoms. The molecule has 0 bridgehead atoms. The molecule has 2 aromatic heterocycles. The first-order valence-electron chi connectivity index (χ1n) is 8.11. The third kappa shape index (κ3) is 2.80. The number of benzene rings is 1. The van der Waals surface area contributed by atoms with Crippen molar-refractivity contribution in [3.05, 3.63) is 59.5 Å². The van der Waals surface area contributed by atoms with Crippen LogP contribution in [-0.4, -0.2) is 38.4 Å². The van der Waals surface area contributed by atoms with Crippen LogP contribution in [0.5, 0.6) is 0 Å². The number of aromatic amines is 2. The second-order valence-electron chi connectivity index (χ2n) is 6.32. The lowest BCUT2D eigenvalue weighted by molar-refractivity contribution is 0.326. The lowest BCUT2D eigenvalue weighted by atomic mass is 10.0. The van der Waals surface area contributed by atoms with E-state index in [1.807, 2.05) is 18.5 Å². The highest BCUT2D eigenvalue weighted by Crippen LogP contribution is 2.30. The van der Waals surface area contributed by atoms with Gasteiger partial charge in [-0.2, -0.15) is 10.2 Å². The summed E-state index contributed by atoms with van der Waals surface area (Å²) in [6.45, 7) is 5.25. The molecule has 2 N–H and O–H groups in total. The van der Waals surface area contributed by atoms with Gasteiger partial charge in [-0.3, -0.25) is 15.1 Å². The SMILES string of the molecule is Cc1cn[nH]c1C1CCN(Cc2cn[nH]c2-c2ccccc2)C1. The topological polar surface area (TPSA) is 60.6 Å². The first-order valence-corrected chi connectivity index (χ1v) is 8.11. The summed E-state index contributed by atoms with van der Waals surface area (Å²) in [7, 11) is 0. The average Bonchev–Trinajstić information content (AvgIpc) is 3.29. The fourth-order valence-electron chi connectivity index (χ4n) is 3.51. The highest BCUT2D eigenvalue weighted by molar-refractivity contribution is 5.62. The van der Waals surface area contributed by atoms with Crippen molar-refractivity contribution in [1.29, 1.82) is 0 Å². The Morgan fingerprint density at radius 2 is 1.96 bits per heavy atom. The number of rotatable bonds is 4. The van der Waals surface area contributed by atoms with Crippen LogP contribution in [0.4, 0.5) is 0 Å². The second kappa shape index (κ2) is 6.01. The molecule has 1 unspecified atom stereocenters. The van der Waals surface area contributed by atoms with Crippen molar-refractivity contribution in [3.8, 4) is 11.3 Å². The average molecular weight is 307 g/mol. The maximum atomic E-state index is 4.26. The minimum absolute atomic E-state index is 0.560. The van der Waals surface area contributed by atoms with Crippen LogP contribution < -0.4 is 0 Å². The van der Waals surface area contributed by atoms with Crippen LogP contribution in [0.15, 0.2) is 42.7 Å². The molecule has 1 aromatic carbocycles. The molecule has 5 heteroatoms. The highest BCUT2D eigenvalue weighted by Gasteiger charge is 2.26. The van der Waals surface area contributed by atoms with Crippen LogP contribution >= 0.6 is 0 Å². The summed E-state index contributed by atoms with van der Waals surface area (Å²) >= 11 is 0. The van der Waals surface area contributed by atoms with Gasteiger partial charge in [0.15, 0.2) is 0 Å². The van der Waals surface area contributed by atoms with Crippen molar-refractivity contribution in [2.45, 2.75) is 25.8 Å². The maximum absolute atomic E-state index is 4.26. The van der Waals surface area contributed by atoms with E-state index < -0.39 is 0 Å². The zero-order valence-corrected chi connectivity index (χ0v) is 13.3. The van der Waals surface area contributed by atoms with Gasteiger partial charge in [0, 0.05) is 30.3 Å². The molecular weight excluding hydrogens is 286 g/mol. The van der Waals surface area contributed by atoms with Gasteiger partial charge in [0.05, 0.1) is 18.1 Å². The molecular formula is C18H21N5. The number of aromatic nitrogens is 4. The van der Waals surface area contributed by atoms with Gasteiger partial charge >= 0.3 is 0 Å². The highest BCUT2D eigenvalue weighted by atomic mass is 15.2. The van der Waals surface area contributed by atoms with E-state index in [9.17, 15) is 0 Å². The van der Waals surface area contributed by atoms with Gasteiger partial charge in [-0.25, -0.2) is 0 Å². The number of H-pyrrole nitrogens is 2. The summed E-state index contributed by atoms with van der Waals surface area (Å²) in [6.07, 6.45) is 5.06. The van der Waals surface area contributed by atoms with Crippen molar-refractivity contribution < 1.29 is 0 Å². The first kappa shape index (κ1) is 14.2. The number of hydrogen-bond donors (Lipinski definition) is 2. The van der Waals surface area contributed by atoms with E-state index in [1.54, 1.807) is 0 Å². The van der Waals surface area contributed by atoms with Crippen LogP contribution in [0.25, 0.3) is 11.3 Å². The Hall–Kier alpha value is -2.40. The summed E-state index contributed by atoms with van der Waals surface area (Å²) in [5.74, 6) is 0.560. The minimum atomic E-state index is 0.560. The zero-order valence-electron chi connectivity index (χ0n) is 13.3. The lowest BCUT2D eigenvalue weighted by Gasteiger charge is -2.16. The number of hydrogen-bond acceptors (Lipinski definition) is 3. The smallest absolute Gasteiger partial charge is 0.0695 e. The molecule has 1 aliphatic heterocycles. The molecule has 0 amide bonds. The molecule has 1 saturated heterocycles. The number of nitrogens with one attached hydrogen (secondary N) is 2. The summed E-state index contributed by atoms with van der Waals surface area (Å²) < 4.78 is 0. The Morgan fingerprint density at radius 1 is 1.13 bits per heavy atom. The van der Waals surface area contributed by atoms with E-state index in [-0.39, 0.29) is 0 Å². The maximum Gasteiger partial charge on any atom is 0.0695 e. The number of aryl methyl sites for hydroxylation is 1. The van der Waals surface area contributed by atoms with E-state index >= 15 is 0 Å². The van der Waals surface area contributed by atoms with Crippen LogP contribution in [0, 0.1) is 6.92 Å². The standard InChI is InChI=1S/C18H21N5/c1-13-9-19-21-17(13)15-7-8-23(11-15)12-16-10-20-22-18(16)14-5-3-2-4-6-14/h2-6,9-10,15H,7-8,11-12H2,1H3,(H,19,21)(H,20,22). The second-order valence-corrected chi connectivity index (χ2v) is 6.32. The fourth-order valence-corrected chi connectivity index (χ4v) is 3.51. The number of nitrogens with zero attached hydrogens (tertiary/aromatic N) is 3. The molecule has 0 aliphatic carbocycles. The Bertz CT molecular complexity index is 774. The normalized spacial score (nSPS) is 18.6. The van der Waals surface area contributed by atoms with Gasteiger partial charge in [0.1, 0.15) is 0 Å². The van der Waals surface area contributed by atoms with Crippen LogP contribution in [-0.2, 0) is 6.54 Å². The van der Waals surface area contributed by atoms with Crippen LogP contribution in [0.2, 0.25) is 0 Å². The van der Waals surface area contributed by atoms with E-state index in [1.165, 1.54) is 28.8 Å². The quantitative estimate of drug-likeness (QED) is 0.778. The monoisotopic (exact) mass is 307 g/mol. The van der Waals surface area contributed by atoms with Gasteiger partial charge in [0.2, 0.25) is 0 Å². The van der Waals surface area contributed by atoms with E-state index in [0.717, 1.165) is 25.3 Å². The van der Waals surface area contributed by atoms with Crippen LogP contribution in [0.1, 0.15) is 29.2 Å². The van der Waals surface area contributed by atoms with E-state index in [4.69, 9.17) is 0 Å². The van der Waals surface area contributed by atoms with Gasteiger partial charge in [0.25, 0.3) is 0 Å². The summed E-state index contributed by atoms with van der Waals surface area (Å²) in [6, 6.07) is 10.4. The van der Waals surface area contributed by atoms with E-state index in [2.05, 4.69) is 56.5 Å². The molecule has 5 nitrogen and oxygen atoms in total. The fraction of sp³-hybridized carbons (Fsp3) is 0.333. The molecule has 23 heavy (non-hydrogen) atoms. The van der Waals surface area contributed by atoms with Crippen molar-refractivity contribution >= 4 is 0 Å². The Labute approximate surface area is 135 Å².